The Labute approximate surface area is 210 Å². The Balaban J connectivity index is 1.37. The quantitative estimate of drug-likeness (QED) is 0.452. The van der Waals surface area contributed by atoms with E-state index >= 15 is 0 Å². The maximum atomic E-state index is 12.9. The van der Waals surface area contributed by atoms with Crippen LogP contribution < -0.4 is 15.4 Å². The number of hydrogen-bond donors (Lipinski definition) is 2. The molecule has 36 heavy (non-hydrogen) atoms. The molecule has 2 N–H and O–H groups in total. The van der Waals surface area contributed by atoms with Crippen molar-refractivity contribution in [1.29, 1.82) is 0 Å². The van der Waals surface area contributed by atoms with Gasteiger partial charge in [-0.1, -0.05) is 0 Å². The summed E-state index contributed by atoms with van der Waals surface area (Å²) in [6, 6.07) is 3.93. The lowest BCUT2D eigenvalue weighted by Crippen LogP contribution is -2.41. The Bertz CT molecular complexity index is 1180. The van der Waals surface area contributed by atoms with Crippen LogP contribution in [0.25, 0.3) is 0 Å². The number of carbonyl (C=O) groups is 1. The highest BCUT2D eigenvalue weighted by Crippen LogP contribution is 2.30. The second kappa shape index (κ2) is 10.7. The molecule has 3 aromatic rings. The number of rotatable bonds is 7. The number of halogens is 3. The van der Waals surface area contributed by atoms with Gasteiger partial charge in [0.15, 0.2) is 5.69 Å². The average Bonchev–Trinajstić information content (AvgIpc) is 3.20. The van der Waals surface area contributed by atoms with E-state index in [2.05, 4.69) is 48.7 Å². The molecule has 4 heterocycles. The molecule has 4 rings (SSSR count). The van der Waals surface area contributed by atoms with Gasteiger partial charge in [0.2, 0.25) is 5.88 Å². The fourth-order valence-electron chi connectivity index (χ4n) is 3.78. The van der Waals surface area contributed by atoms with Crippen molar-refractivity contribution in [3.63, 3.8) is 0 Å². The summed E-state index contributed by atoms with van der Waals surface area (Å²) < 4.78 is 48.3. The van der Waals surface area contributed by atoms with Crippen LogP contribution in [-0.2, 0) is 6.18 Å². The first kappa shape index (κ1) is 25.8. The number of alkyl halides is 3. The van der Waals surface area contributed by atoms with E-state index in [9.17, 15) is 18.0 Å². The molecule has 1 saturated heterocycles. The van der Waals surface area contributed by atoms with E-state index in [1.807, 2.05) is 0 Å². The number of ether oxygens (including phenoxy) is 1. The molecule has 1 amide bonds. The Morgan fingerprint density at radius 3 is 2.47 bits per heavy atom. The van der Waals surface area contributed by atoms with Crippen molar-refractivity contribution in [1.82, 2.24) is 24.2 Å². The molecule has 13 heteroatoms. The van der Waals surface area contributed by atoms with Crippen molar-refractivity contribution in [2.24, 2.45) is 0 Å². The van der Waals surface area contributed by atoms with Crippen molar-refractivity contribution in [2.45, 2.75) is 51.9 Å². The number of piperidine rings is 1. The lowest BCUT2D eigenvalue weighted by atomic mass is 10.1. The third-order valence-corrected chi connectivity index (χ3v) is 6.62. The number of hydrogen-bond acceptors (Lipinski definition) is 9. The molecule has 192 valence electrons. The second-order valence-electron chi connectivity index (χ2n) is 8.67. The summed E-state index contributed by atoms with van der Waals surface area (Å²) in [5, 5.41) is 5.92. The van der Waals surface area contributed by atoms with Gasteiger partial charge in [-0.25, -0.2) is 15.0 Å². The van der Waals surface area contributed by atoms with E-state index in [4.69, 9.17) is 4.74 Å². The third-order valence-electron chi connectivity index (χ3n) is 5.76. The van der Waals surface area contributed by atoms with Crippen molar-refractivity contribution < 1.29 is 22.7 Å². The molecule has 0 saturated carbocycles. The van der Waals surface area contributed by atoms with Gasteiger partial charge in [-0.3, -0.25) is 4.79 Å². The van der Waals surface area contributed by atoms with Crippen LogP contribution in [0, 0.1) is 6.92 Å². The number of amides is 1. The fraction of sp³-hybridized carbons (Fsp3) is 0.435. The van der Waals surface area contributed by atoms with E-state index < -0.39 is 17.8 Å². The number of nitrogens with zero attached hydrogens (tertiary/aromatic N) is 5. The normalized spacial score (nSPS) is 15.2. The first-order valence-corrected chi connectivity index (χ1v) is 12.2. The average molecular weight is 522 g/mol. The highest BCUT2D eigenvalue weighted by atomic mass is 32.1. The molecule has 0 bridgehead atoms. The Kier molecular flexibility index (Phi) is 7.69. The van der Waals surface area contributed by atoms with Crippen molar-refractivity contribution in [3.05, 3.63) is 47.7 Å². The first-order valence-electron chi connectivity index (χ1n) is 11.4. The number of carbonyl (C=O) groups excluding carboxylic acids is 1. The zero-order chi connectivity index (χ0) is 25.9. The molecule has 0 radical (unpaired) electrons. The number of nitrogens with one attached hydrogen (secondary N) is 2. The minimum absolute atomic E-state index is 0.0584. The molecule has 3 aromatic heterocycles. The second-order valence-corrected chi connectivity index (χ2v) is 9.44. The van der Waals surface area contributed by atoms with E-state index in [1.54, 1.807) is 19.1 Å². The minimum Gasteiger partial charge on any atom is -0.474 e. The monoisotopic (exact) mass is 521 g/mol. The topological polar surface area (TPSA) is 105 Å². The maximum absolute atomic E-state index is 12.9. The molecule has 0 spiro atoms. The molecule has 9 nitrogen and oxygen atoms in total. The highest BCUT2D eigenvalue weighted by molar-refractivity contribution is 7.10. The predicted molar refractivity (Wildman–Crippen MR) is 130 cm³/mol. The standard InChI is InChI=1S/C23H26F3N7O2S/c1-13(2)33-8-6-16(7-9-33)35-19-5-4-15(10-29-19)30-21(34)20-14(3)32-36-22(20)31-18-12-27-17(11-28-18)23(24,25)26/h4-5,10-13,16H,6-9H2,1-3H3,(H,28,31)(H,30,34). The number of aryl methyl sites for hydroxylation is 1. The van der Waals surface area contributed by atoms with Crippen molar-refractivity contribution in [2.75, 3.05) is 23.7 Å². The van der Waals surface area contributed by atoms with Gasteiger partial charge in [0.05, 0.1) is 35.5 Å². The molecule has 1 fully saturated rings. The van der Waals surface area contributed by atoms with Gasteiger partial charge in [0.1, 0.15) is 16.9 Å². The molecule has 1 aliphatic rings. The van der Waals surface area contributed by atoms with E-state index in [-0.39, 0.29) is 17.5 Å². The van der Waals surface area contributed by atoms with Crippen molar-refractivity contribution in [3.8, 4) is 5.88 Å². The van der Waals surface area contributed by atoms with Crippen LogP contribution in [0.2, 0.25) is 0 Å². The van der Waals surface area contributed by atoms with Gasteiger partial charge in [-0.2, -0.15) is 17.5 Å². The lowest BCUT2D eigenvalue weighted by molar-refractivity contribution is -0.141. The summed E-state index contributed by atoms with van der Waals surface area (Å²) in [6.45, 7) is 8.00. The molecule has 0 aliphatic carbocycles. The Morgan fingerprint density at radius 2 is 1.89 bits per heavy atom. The Morgan fingerprint density at radius 1 is 1.14 bits per heavy atom. The van der Waals surface area contributed by atoms with Crippen LogP contribution in [0.5, 0.6) is 5.88 Å². The fourth-order valence-corrected chi connectivity index (χ4v) is 4.58. The summed E-state index contributed by atoms with van der Waals surface area (Å²) in [7, 11) is 0. The maximum Gasteiger partial charge on any atom is 0.434 e. The van der Waals surface area contributed by atoms with Crippen LogP contribution >= 0.6 is 11.5 Å². The number of aromatic nitrogens is 4. The summed E-state index contributed by atoms with van der Waals surface area (Å²) in [6.07, 6.45) is 0.476. The predicted octanol–water partition coefficient (Wildman–Crippen LogP) is 4.90. The van der Waals surface area contributed by atoms with E-state index in [0.29, 0.717) is 34.5 Å². The highest BCUT2D eigenvalue weighted by Gasteiger charge is 2.33. The van der Waals surface area contributed by atoms with Crippen LogP contribution in [0.3, 0.4) is 0 Å². The first-order chi connectivity index (χ1) is 17.1. The molecule has 0 aromatic carbocycles. The molecule has 0 atom stereocenters. The summed E-state index contributed by atoms with van der Waals surface area (Å²) >= 11 is 0.992. The van der Waals surface area contributed by atoms with Gasteiger partial charge in [0, 0.05) is 25.2 Å². The summed E-state index contributed by atoms with van der Waals surface area (Å²) in [5.74, 6) is 0.107. The van der Waals surface area contributed by atoms with Crippen LogP contribution in [0.15, 0.2) is 30.7 Å². The minimum atomic E-state index is -4.59. The largest absolute Gasteiger partial charge is 0.474 e. The zero-order valence-corrected chi connectivity index (χ0v) is 20.8. The van der Waals surface area contributed by atoms with Crippen LogP contribution in [0.1, 0.15) is 48.4 Å². The Hall–Kier alpha value is -3.32. The van der Waals surface area contributed by atoms with Gasteiger partial charge >= 0.3 is 6.18 Å². The molecule has 1 aliphatic heterocycles. The molecular formula is C23H26F3N7O2S. The lowest BCUT2D eigenvalue weighted by Gasteiger charge is -2.34. The third kappa shape index (κ3) is 6.26. The molecule has 0 unspecified atom stereocenters. The summed E-state index contributed by atoms with van der Waals surface area (Å²) in [5.41, 5.74) is 0.0692. The number of pyridine rings is 1. The van der Waals surface area contributed by atoms with Gasteiger partial charge < -0.3 is 20.3 Å². The smallest absolute Gasteiger partial charge is 0.434 e. The van der Waals surface area contributed by atoms with Gasteiger partial charge in [-0.15, -0.1) is 0 Å². The van der Waals surface area contributed by atoms with Crippen molar-refractivity contribution >= 4 is 33.9 Å². The van der Waals surface area contributed by atoms with Gasteiger partial charge in [0.25, 0.3) is 5.91 Å². The van der Waals surface area contributed by atoms with Crippen LogP contribution in [-0.4, -0.2) is 55.4 Å². The SMILES string of the molecule is Cc1nsc(Nc2cnc(C(F)(F)F)cn2)c1C(=O)Nc1ccc(OC2CCN(C(C)C)CC2)nc1. The van der Waals surface area contributed by atoms with E-state index in [1.165, 1.54) is 6.20 Å². The van der Waals surface area contributed by atoms with E-state index in [0.717, 1.165) is 43.7 Å². The summed E-state index contributed by atoms with van der Waals surface area (Å²) in [4.78, 5) is 26.8. The molecular weight excluding hydrogens is 495 g/mol. The number of anilines is 3. The zero-order valence-electron chi connectivity index (χ0n) is 20.0. The van der Waals surface area contributed by atoms with Crippen LogP contribution in [0.4, 0.5) is 29.7 Å². The number of likely N-dealkylation sites (tertiary alicyclic amines) is 1. The van der Waals surface area contributed by atoms with Gasteiger partial charge in [-0.05, 0) is 51.2 Å².